The van der Waals surface area contributed by atoms with Crippen molar-refractivity contribution in [2.24, 2.45) is 16.7 Å². The van der Waals surface area contributed by atoms with Crippen molar-refractivity contribution in [3.63, 3.8) is 0 Å². The molecule has 314 valence electrons. The maximum absolute atomic E-state index is 14.5. The van der Waals surface area contributed by atoms with Crippen molar-refractivity contribution >= 4 is 34.5 Å². The average Bonchev–Trinajstić information content (AvgIpc) is 3.16. The van der Waals surface area contributed by atoms with Crippen LogP contribution in [-0.4, -0.2) is 99.2 Å². The smallest absolute Gasteiger partial charge is 0.338 e. The lowest BCUT2D eigenvalue weighted by Gasteiger charge is -2.70. The molecule has 10 atom stereocenters. The minimum absolute atomic E-state index is 0.0388. The van der Waals surface area contributed by atoms with Crippen molar-refractivity contribution in [3.05, 3.63) is 47.0 Å². The first-order valence-electron chi connectivity index (χ1n) is 21.0. The van der Waals surface area contributed by atoms with E-state index in [-0.39, 0.29) is 18.6 Å². The van der Waals surface area contributed by atoms with Crippen LogP contribution in [0.1, 0.15) is 106 Å². The summed E-state index contributed by atoms with van der Waals surface area (Å²) >= 11 is 0. The first-order chi connectivity index (χ1) is 26.3. The van der Waals surface area contributed by atoms with E-state index in [1.165, 1.54) is 13.8 Å². The highest BCUT2D eigenvalue weighted by Gasteiger charge is 2.78. The highest BCUT2D eigenvalue weighted by atomic mass is 28.4. The Hall–Kier alpha value is -2.40. The lowest BCUT2D eigenvalue weighted by molar-refractivity contribution is -0.363. The maximum atomic E-state index is 14.5. The summed E-state index contributed by atoms with van der Waals surface area (Å²) in [6.07, 6.45) is -5.80. The van der Waals surface area contributed by atoms with E-state index in [2.05, 4.69) is 41.5 Å². The molecule has 2 saturated carbocycles. The molecule has 1 aromatic rings. The fourth-order valence-electron chi connectivity index (χ4n) is 11.0. The van der Waals surface area contributed by atoms with Crippen molar-refractivity contribution in [1.82, 2.24) is 0 Å². The summed E-state index contributed by atoms with van der Waals surface area (Å²) in [5.41, 5.74) is -4.39. The Morgan fingerprint density at radius 3 is 1.88 bits per heavy atom. The molecule has 56 heavy (non-hydrogen) atoms. The second-order valence-electron chi connectivity index (χ2n) is 17.6. The molecule has 3 aliphatic carbocycles. The van der Waals surface area contributed by atoms with E-state index in [9.17, 15) is 24.6 Å². The molecule has 1 saturated heterocycles. The minimum Gasteiger partial charge on any atom is -0.458 e. The topological polar surface area (TPSA) is 147 Å². The summed E-state index contributed by atoms with van der Waals surface area (Å²) < 4.78 is 40.5. The Morgan fingerprint density at radius 1 is 0.839 bits per heavy atom. The van der Waals surface area contributed by atoms with Gasteiger partial charge in [0.2, 0.25) is 0 Å². The second kappa shape index (κ2) is 16.3. The van der Waals surface area contributed by atoms with Gasteiger partial charge < -0.3 is 38.0 Å². The molecule has 2 bridgehead atoms. The van der Waals surface area contributed by atoms with Crippen molar-refractivity contribution in [2.45, 2.75) is 180 Å². The van der Waals surface area contributed by atoms with Crippen LogP contribution in [-0.2, 0) is 37.4 Å². The monoisotopic (exact) mass is 816 g/mol. The fraction of sp³-hybridized carbons (Fsp3) is 0.744. The summed E-state index contributed by atoms with van der Waals surface area (Å²) in [5.74, 6) is -2.85. The van der Waals surface area contributed by atoms with Crippen molar-refractivity contribution in [1.29, 1.82) is 0 Å². The molecule has 4 aliphatic rings. The van der Waals surface area contributed by atoms with E-state index < -0.39 is 99.1 Å². The number of benzene rings is 1. The number of hydrogen-bond donors (Lipinski definition) is 2. The fourth-order valence-corrected chi connectivity index (χ4v) is 16.7. The number of carbonyl (C=O) groups excluding carboxylic acids is 3. The molecule has 1 unspecified atom stereocenters. The summed E-state index contributed by atoms with van der Waals surface area (Å²) in [6, 6.07) is 13.4. The first-order valence-corrected chi connectivity index (χ1v) is 26.0. The third kappa shape index (κ3) is 7.08. The molecule has 1 heterocycles. The van der Waals surface area contributed by atoms with Gasteiger partial charge in [0, 0.05) is 37.5 Å². The lowest BCUT2D eigenvalue weighted by atomic mass is 9.44. The summed E-state index contributed by atoms with van der Waals surface area (Å²) in [6.45, 7) is 23.1. The van der Waals surface area contributed by atoms with E-state index in [1.54, 1.807) is 30.3 Å². The quantitative estimate of drug-likeness (QED) is 0.0833. The van der Waals surface area contributed by atoms with Gasteiger partial charge in [0.25, 0.3) is 0 Å². The number of fused-ring (bicyclic) bond motifs is 5. The highest BCUT2D eigenvalue weighted by molar-refractivity contribution is 6.74. The molecule has 0 aromatic heterocycles. The van der Waals surface area contributed by atoms with E-state index in [0.29, 0.717) is 17.6 Å². The molecule has 3 fully saturated rings. The number of hydrogen-bond acceptors (Lipinski definition) is 11. The number of aliphatic hydroxyl groups excluding tert-OH is 1. The van der Waals surface area contributed by atoms with Crippen LogP contribution in [0.25, 0.3) is 0 Å². The number of ether oxygens (including phenoxy) is 4. The van der Waals surface area contributed by atoms with Crippen LogP contribution in [0, 0.1) is 16.7 Å². The molecule has 0 spiro atoms. The Morgan fingerprint density at radius 2 is 1.39 bits per heavy atom. The zero-order valence-electron chi connectivity index (χ0n) is 35.9. The van der Waals surface area contributed by atoms with Gasteiger partial charge in [0.05, 0.1) is 36.4 Å². The van der Waals surface area contributed by atoms with E-state index in [1.807, 2.05) is 27.7 Å². The standard InChI is InChI=1S/C43H68O11Si2/c1-13-55(14-2,15-3)53-32-24-33-42(26-49-33,52-29(9)45)36-38(51-39(47)30-22-20-19-21-23-30)43(48)25-31(50-28(8)44)27(7)34(40(43,10)11)35(37(46)41(32,36)12)54-56(16-4,17-5)18-6/h19-23,31-33,35-38,46,48H,13-18,24-26H2,1-12H3/t31-,32-,33+,35+,36?,37-,38-,41+,42-,43+/m0/s1. The molecule has 2 N–H and O–H groups in total. The Bertz CT molecular complexity index is 1620. The summed E-state index contributed by atoms with van der Waals surface area (Å²) in [4.78, 5) is 40.6. The molecular weight excluding hydrogens is 749 g/mol. The molecular formula is C43H68O11Si2. The third-order valence-electron chi connectivity index (χ3n) is 15.0. The SMILES string of the molecule is CC[Si](CC)(CC)O[C@@H]1C2=C(C)[C@@H](OC(C)=O)C[C@@](O)([C@@H](OC(=O)c3ccccc3)C3[C@@](C)([C@@H](O[Si](CC)(CC)CC)C[C@H]4OC[C@@]34OC(C)=O)[C@H]1O)C2(C)C. The van der Waals surface area contributed by atoms with Gasteiger partial charge in [0.15, 0.2) is 22.2 Å². The number of carbonyl (C=O) groups is 3. The Labute approximate surface area is 336 Å². The molecule has 13 heteroatoms. The summed E-state index contributed by atoms with van der Waals surface area (Å²) in [7, 11) is -4.98. The van der Waals surface area contributed by atoms with Gasteiger partial charge in [-0.2, -0.15) is 0 Å². The van der Waals surface area contributed by atoms with Gasteiger partial charge in [-0.15, -0.1) is 0 Å². The van der Waals surface area contributed by atoms with Gasteiger partial charge >= 0.3 is 17.9 Å². The zero-order valence-corrected chi connectivity index (χ0v) is 37.9. The largest absolute Gasteiger partial charge is 0.458 e. The Balaban J connectivity index is 1.94. The van der Waals surface area contributed by atoms with Crippen LogP contribution >= 0.6 is 0 Å². The third-order valence-corrected chi connectivity index (χ3v) is 24.3. The first kappa shape index (κ1) is 44.7. The van der Waals surface area contributed by atoms with Crippen LogP contribution in [0.2, 0.25) is 36.3 Å². The van der Waals surface area contributed by atoms with Crippen LogP contribution in [0.15, 0.2) is 41.5 Å². The predicted molar refractivity (Wildman–Crippen MR) is 218 cm³/mol. The molecule has 5 rings (SSSR count). The van der Waals surface area contributed by atoms with Crippen molar-refractivity contribution in [2.75, 3.05) is 6.61 Å². The highest BCUT2D eigenvalue weighted by Crippen LogP contribution is 2.66. The van der Waals surface area contributed by atoms with Crippen LogP contribution in [0.3, 0.4) is 0 Å². The van der Waals surface area contributed by atoms with Gasteiger partial charge in [-0.1, -0.05) is 80.5 Å². The number of rotatable bonds is 14. The van der Waals surface area contributed by atoms with E-state index >= 15 is 0 Å². The van der Waals surface area contributed by atoms with Crippen molar-refractivity contribution in [3.8, 4) is 0 Å². The molecule has 0 radical (unpaired) electrons. The zero-order chi connectivity index (χ0) is 41.6. The van der Waals surface area contributed by atoms with Gasteiger partial charge in [-0.3, -0.25) is 9.59 Å². The molecule has 1 aromatic carbocycles. The molecule has 11 nitrogen and oxygen atoms in total. The maximum Gasteiger partial charge on any atom is 0.338 e. The predicted octanol–water partition coefficient (Wildman–Crippen LogP) is 7.50. The van der Waals surface area contributed by atoms with Crippen LogP contribution in [0.4, 0.5) is 0 Å². The van der Waals surface area contributed by atoms with Gasteiger partial charge in [-0.25, -0.2) is 4.79 Å². The van der Waals surface area contributed by atoms with E-state index in [4.69, 9.17) is 27.8 Å². The van der Waals surface area contributed by atoms with Crippen molar-refractivity contribution < 1.29 is 52.4 Å². The Kier molecular flexibility index (Phi) is 13.0. The normalized spacial score (nSPS) is 35.2. The average molecular weight is 817 g/mol. The minimum atomic E-state index is -2.55. The number of esters is 3. The second-order valence-corrected chi connectivity index (χ2v) is 27.1. The van der Waals surface area contributed by atoms with Crippen LogP contribution in [0.5, 0.6) is 0 Å². The van der Waals surface area contributed by atoms with Crippen LogP contribution < -0.4 is 0 Å². The number of aliphatic hydroxyl groups is 2. The van der Waals surface area contributed by atoms with E-state index in [0.717, 1.165) is 36.3 Å². The summed E-state index contributed by atoms with van der Waals surface area (Å²) in [5, 5.41) is 27.6. The lowest BCUT2D eigenvalue weighted by Crippen LogP contribution is -2.83. The molecule has 0 amide bonds. The van der Waals surface area contributed by atoms with Gasteiger partial charge in [0.1, 0.15) is 23.9 Å². The molecule has 1 aliphatic heterocycles. The van der Waals surface area contributed by atoms with Gasteiger partial charge in [-0.05, 0) is 66.5 Å².